The fourth-order valence-corrected chi connectivity index (χ4v) is 1.95. The Hall–Kier alpha value is -1.41. The highest BCUT2D eigenvalue weighted by molar-refractivity contribution is 7.98. The van der Waals surface area contributed by atoms with Crippen molar-refractivity contribution < 1.29 is 13.2 Å². The topological polar surface area (TPSA) is 55.9 Å². The summed E-state index contributed by atoms with van der Waals surface area (Å²) in [6.45, 7) is 1.04. The largest absolute Gasteiger partial charge is 0.464 e. The maximum absolute atomic E-state index is 12.0. The van der Waals surface area contributed by atoms with Crippen molar-refractivity contribution in [3.8, 4) is 0 Å². The van der Waals surface area contributed by atoms with Crippen LogP contribution in [0.2, 0.25) is 0 Å². The lowest BCUT2D eigenvalue weighted by atomic mass is 10.4. The van der Waals surface area contributed by atoms with Crippen LogP contribution in [0.25, 0.3) is 0 Å². The Labute approximate surface area is 113 Å². The number of nitrogens with one attached hydrogen (secondary N) is 1. The Morgan fingerprint density at radius 2 is 2.16 bits per heavy atom. The number of rotatable bonds is 7. The summed E-state index contributed by atoms with van der Waals surface area (Å²) in [5.41, 5.74) is 0. The zero-order valence-electron chi connectivity index (χ0n) is 10.3. The molecule has 0 saturated heterocycles. The summed E-state index contributed by atoms with van der Waals surface area (Å²) < 4.78 is 31.1. The number of nitrogens with zero attached hydrogens (tertiary/aromatic N) is 3. The van der Waals surface area contributed by atoms with Gasteiger partial charge >= 0.3 is 0 Å². The van der Waals surface area contributed by atoms with E-state index in [1.165, 1.54) is 0 Å². The summed E-state index contributed by atoms with van der Waals surface area (Å²) >= 11 is 0.551. The molecule has 2 aromatic heterocycles. The third-order valence-corrected chi connectivity index (χ3v) is 3.00. The van der Waals surface area contributed by atoms with E-state index < -0.39 is 5.76 Å². The van der Waals surface area contributed by atoms with Gasteiger partial charge in [0.05, 0.1) is 18.8 Å². The Morgan fingerprint density at radius 3 is 2.84 bits per heavy atom. The average molecular weight is 288 g/mol. The van der Waals surface area contributed by atoms with E-state index in [1.54, 1.807) is 30.2 Å². The molecule has 0 aliphatic carbocycles. The van der Waals surface area contributed by atoms with Gasteiger partial charge < -0.3 is 9.73 Å². The molecule has 2 rings (SSSR count). The van der Waals surface area contributed by atoms with Gasteiger partial charge in [-0.2, -0.15) is 13.9 Å². The number of aryl methyl sites for hydroxylation is 1. The lowest BCUT2D eigenvalue weighted by molar-refractivity contribution is 0.251. The Balaban J connectivity index is 1.74. The smallest absolute Gasteiger partial charge is 0.284 e. The van der Waals surface area contributed by atoms with E-state index >= 15 is 0 Å². The first-order valence-corrected chi connectivity index (χ1v) is 6.71. The van der Waals surface area contributed by atoms with Crippen molar-refractivity contribution in [2.24, 2.45) is 7.05 Å². The fraction of sp³-hybridized carbons (Fsp3) is 0.455. The monoisotopic (exact) mass is 288 g/mol. The van der Waals surface area contributed by atoms with Gasteiger partial charge in [0.1, 0.15) is 17.8 Å². The van der Waals surface area contributed by atoms with Crippen LogP contribution in [0.5, 0.6) is 0 Å². The summed E-state index contributed by atoms with van der Waals surface area (Å²) in [5, 5.41) is 7.24. The molecule has 19 heavy (non-hydrogen) atoms. The van der Waals surface area contributed by atoms with Crippen LogP contribution in [0.3, 0.4) is 0 Å². The van der Waals surface area contributed by atoms with Gasteiger partial charge in [0.25, 0.3) is 5.76 Å². The van der Waals surface area contributed by atoms with E-state index in [0.29, 0.717) is 42.2 Å². The minimum Gasteiger partial charge on any atom is -0.464 e. The molecular weight excluding hydrogens is 274 g/mol. The second-order valence-electron chi connectivity index (χ2n) is 3.88. The van der Waals surface area contributed by atoms with Crippen LogP contribution in [-0.2, 0) is 25.9 Å². The van der Waals surface area contributed by atoms with Crippen LogP contribution in [0.1, 0.15) is 17.3 Å². The third-order valence-electron chi connectivity index (χ3n) is 2.30. The zero-order valence-corrected chi connectivity index (χ0v) is 11.2. The van der Waals surface area contributed by atoms with E-state index in [-0.39, 0.29) is 5.75 Å². The fourth-order valence-electron chi connectivity index (χ4n) is 1.50. The molecule has 5 nitrogen and oxygen atoms in total. The molecule has 0 aliphatic heterocycles. The summed E-state index contributed by atoms with van der Waals surface area (Å²) in [7, 11) is 1.80. The number of alkyl halides is 2. The van der Waals surface area contributed by atoms with Crippen molar-refractivity contribution in [3.05, 3.63) is 35.8 Å². The first-order valence-electron chi connectivity index (χ1n) is 5.66. The van der Waals surface area contributed by atoms with Crippen molar-refractivity contribution in [1.29, 1.82) is 0 Å². The maximum Gasteiger partial charge on any atom is 0.284 e. The van der Waals surface area contributed by atoms with Crippen LogP contribution < -0.4 is 5.32 Å². The average Bonchev–Trinajstić information content (AvgIpc) is 2.96. The molecule has 0 atom stereocenters. The zero-order chi connectivity index (χ0) is 13.7. The molecule has 0 spiro atoms. The van der Waals surface area contributed by atoms with Gasteiger partial charge in [0, 0.05) is 7.05 Å². The number of hydrogen-bond acceptors (Lipinski definition) is 5. The number of aromatic nitrogens is 3. The summed E-state index contributed by atoms with van der Waals surface area (Å²) in [6, 6.07) is 3.49. The molecule has 0 saturated carbocycles. The first kappa shape index (κ1) is 14.0. The standard InChI is InChI=1S/C11H14F2N4OS/c1-17-7-15-10(16-17)5-14-4-8-2-3-9(18-8)6-19-11(12)13/h2-3,7,11,14H,4-6H2,1H3. The van der Waals surface area contributed by atoms with Crippen LogP contribution >= 0.6 is 11.8 Å². The molecule has 104 valence electrons. The molecular formula is C11H14F2N4OS. The maximum atomic E-state index is 12.0. The van der Waals surface area contributed by atoms with E-state index in [0.717, 1.165) is 0 Å². The van der Waals surface area contributed by atoms with Gasteiger partial charge in [-0.15, -0.1) is 0 Å². The van der Waals surface area contributed by atoms with E-state index in [1.807, 2.05) is 0 Å². The number of hydrogen-bond donors (Lipinski definition) is 1. The van der Waals surface area contributed by atoms with Gasteiger partial charge in [-0.05, 0) is 12.1 Å². The van der Waals surface area contributed by atoms with Gasteiger partial charge in [-0.25, -0.2) is 4.98 Å². The summed E-state index contributed by atoms with van der Waals surface area (Å²) in [6.07, 6.45) is 1.63. The van der Waals surface area contributed by atoms with Crippen LogP contribution in [0.4, 0.5) is 8.78 Å². The van der Waals surface area contributed by atoms with Crippen molar-refractivity contribution in [2.45, 2.75) is 24.6 Å². The van der Waals surface area contributed by atoms with Crippen molar-refractivity contribution in [2.75, 3.05) is 0 Å². The minimum atomic E-state index is -2.37. The lowest BCUT2D eigenvalue weighted by Gasteiger charge is -1.99. The Kier molecular flexibility index (Phi) is 4.92. The quantitative estimate of drug-likeness (QED) is 0.846. The third kappa shape index (κ3) is 4.64. The van der Waals surface area contributed by atoms with Crippen LogP contribution in [0, 0.1) is 0 Å². The molecule has 0 radical (unpaired) electrons. The van der Waals surface area contributed by atoms with Crippen molar-refractivity contribution >= 4 is 11.8 Å². The van der Waals surface area contributed by atoms with E-state index in [9.17, 15) is 8.78 Å². The van der Waals surface area contributed by atoms with E-state index in [2.05, 4.69) is 15.4 Å². The lowest BCUT2D eigenvalue weighted by Crippen LogP contribution is -2.13. The molecule has 0 aliphatic rings. The molecule has 2 heterocycles. The molecule has 0 fully saturated rings. The second-order valence-corrected chi connectivity index (χ2v) is 4.86. The van der Waals surface area contributed by atoms with Crippen molar-refractivity contribution in [3.63, 3.8) is 0 Å². The molecule has 2 aromatic rings. The summed E-state index contributed by atoms with van der Waals surface area (Å²) in [5.74, 6) is -0.234. The van der Waals surface area contributed by atoms with Crippen LogP contribution in [0.15, 0.2) is 22.9 Å². The predicted molar refractivity (Wildman–Crippen MR) is 67.6 cm³/mol. The predicted octanol–water partition coefficient (Wildman–Crippen LogP) is 2.15. The highest BCUT2D eigenvalue weighted by Crippen LogP contribution is 2.21. The number of thioether (sulfide) groups is 1. The molecule has 0 unspecified atom stereocenters. The summed E-state index contributed by atoms with van der Waals surface area (Å²) in [4.78, 5) is 4.07. The molecule has 0 amide bonds. The van der Waals surface area contributed by atoms with E-state index in [4.69, 9.17) is 4.42 Å². The number of halogens is 2. The van der Waals surface area contributed by atoms with Gasteiger partial charge in [-0.3, -0.25) is 4.68 Å². The van der Waals surface area contributed by atoms with Gasteiger partial charge in [0.2, 0.25) is 0 Å². The molecule has 8 heteroatoms. The van der Waals surface area contributed by atoms with Gasteiger partial charge in [0.15, 0.2) is 5.82 Å². The molecule has 0 bridgehead atoms. The number of furan rings is 1. The highest BCUT2D eigenvalue weighted by atomic mass is 32.2. The molecule has 0 aromatic carbocycles. The Bertz CT molecular complexity index is 514. The first-order chi connectivity index (χ1) is 9.13. The minimum absolute atomic E-state index is 0.180. The normalized spacial score (nSPS) is 11.4. The SMILES string of the molecule is Cn1cnc(CNCc2ccc(CSC(F)F)o2)n1. The second kappa shape index (κ2) is 6.67. The van der Waals surface area contributed by atoms with Gasteiger partial charge in [-0.1, -0.05) is 11.8 Å². The van der Waals surface area contributed by atoms with Crippen LogP contribution in [-0.4, -0.2) is 20.5 Å². The van der Waals surface area contributed by atoms with Crippen molar-refractivity contribution in [1.82, 2.24) is 20.1 Å². The Morgan fingerprint density at radius 1 is 1.37 bits per heavy atom. The highest BCUT2D eigenvalue weighted by Gasteiger charge is 2.07. The molecule has 1 N–H and O–H groups in total.